The summed E-state index contributed by atoms with van der Waals surface area (Å²) in [5.41, 5.74) is 2.63. The van der Waals surface area contributed by atoms with Gasteiger partial charge in [-0.3, -0.25) is 4.40 Å². The summed E-state index contributed by atoms with van der Waals surface area (Å²) in [4.78, 5) is 8.62. The second-order valence-electron chi connectivity index (χ2n) is 4.18. The second kappa shape index (κ2) is 4.24. The van der Waals surface area contributed by atoms with Crippen LogP contribution in [0.25, 0.3) is 16.9 Å². The van der Waals surface area contributed by atoms with E-state index < -0.39 is 0 Å². The van der Waals surface area contributed by atoms with Crippen molar-refractivity contribution in [1.29, 1.82) is 0 Å². The van der Waals surface area contributed by atoms with E-state index in [0.717, 1.165) is 5.56 Å². The van der Waals surface area contributed by atoms with E-state index in [1.807, 2.05) is 0 Å². The number of nitrogens with zero attached hydrogens (tertiary/aromatic N) is 3. The molecule has 2 N–H and O–H groups in total. The zero-order chi connectivity index (χ0) is 13.6. The van der Waals surface area contributed by atoms with E-state index in [9.17, 15) is 10.2 Å². The Morgan fingerprint density at radius 1 is 1.11 bits per heavy atom. The topological polar surface area (TPSA) is 70.7 Å². The number of aromatic nitrogens is 3. The lowest BCUT2D eigenvalue weighted by Crippen LogP contribution is -1.92. The Hall–Kier alpha value is -2.08. The first-order chi connectivity index (χ1) is 9.06. The molecule has 0 atom stereocenters. The number of benzene rings is 1. The van der Waals surface area contributed by atoms with Crippen LogP contribution in [0.2, 0.25) is 0 Å². The van der Waals surface area contributed by atoms with Crippen LogP contribution in [-0.4, -0.2) is 24.6 Å². The minimum atomic E-state index is 0.0955. The third-order valence-corrected chi connectivity index (χ3v) is 3.40. The van der Waals surface area contributed by atoms with Gasteiger partial charge >= 0.3 is 0 Å². The third-order valence-electron chi connectivity index (χ3n) is 2.87. The number of imidazole rings is 1. The summed E-state index contributed by atoms with van der Waals surface area (Å²) < 4.78 is 2.13. The van der Waals surface area contributed by atoms with Crippen LogP contribution < -0.4 is 0 Å². The second-order valence-corrected chi connectivity index (χ2v) is 4.93. The molecule has 0 saturated carbocycles. The summed E-state index contributed by atoms with van der Waals surface area (Å²) in [5, 5.41) is 19.2. The smallest absolute Gasteiger partial charge is 0.219 e. The first-order valence-corrected chi connectivity index (χ1v) is 6.39. The molecular weight excluding hydrogens is 310 g/mol. The third kappa shape index (κ3) is 1.94. The molecule has 0 saturated heterocycles. The van der Waals surface area contributed by atoms with Gasteiger partial charge in [-0.1, -0.05) is 0 Å². The fourth-order valence-electron chi connectivity index (χ4n) is 1.88. The van der Waals surface area contributed by atoms with Crippen LogP contribution in [0.5, 0.6) is 11.6 Å². The van der Waals surface area contributed by atoms with Crippen LogP contribution in [0.15, 0.2) is 35.1 Å². The number of hydrogen-bond donors (Lipinski definition) is 2. The summed E-state index contributed by atoms with van der Waals surface area (Å²) >= 11 is 3.35. The SMILES string of the molecule is Cc1nc2c(Br)nc(-c3ccc(O)cc3)cn2c1O. The first-order valence-electron chi connectivity index (χ1n) is 5.60. The molecule has 0 amide bonds. The van der Waals surface area contributed by atoms with Crippen LogP contribution in [0, 0.1) is 6.92 Å². The number of fused-ring (bicyclic) bond motifs is 1. The van der Waals surface area contributed by atoms with Gasteiger partial charge in [-0.25, -0.2) is 9.97 Å². The molecule has 96 valence electrons. The van der Waals surface area contributed by atoms with E-state index in [2.05, 4.69) is 25.9 Å². The number of aryl methyl sites for hydroxylation is 1. The molecule has 19 heavy (non-hydrogen) atoms. The summed E-state index contributed by atoms with van der Waals surface area (Å²) in [6.45, 7) is 1.73. The molecule has 6 heteroatoms. The van der Waals surface area contributed by atoms with Crippen LogP contribution in [0.4, 0.5) is 0 Å². The molecule has 0 radical (unpaired) electrons. The van der Waals surface area contributed by atoms with Crippen molar-refractivity contribution in [3.05, 3.63) is 40.8 Å². The molecule has 1 aromatic carbocycles. The van der Waals surface area contributed by atoms with E-state index in [-0.39, 0.29) is 11.6 Å². The summed E-state index contributed by atoms with van der Waals surface area (Å²) in [5.74, 6) is 0.295. The zero-order valence-corrected chi connectivity index (χ0v) is 11.6. The van der Waals surface area contributed by atoms with E-state index in [4.69, 9.17) is 0 Å². The summed E-state index contributed by atoms with van der Waals surface area (Å²) in [6, 6.07) is 6.70. The highest BCUT2D eigenvalue weighted by Crippen LogP contribution is 2.28. The Morgan fingerprint density at radius 2 is 1.79 bits per heavy atom. The van der Waals surface area contributed by atoms with Gasteiger partial charge in [0.25, 0.3) is 0 Å². The lowest BCUT2D eigenvalue weighted by Gasteiger charge is -2.04. The Morgan fingerprint density at radius 3 is 2.47 bits per heavy atom. The number of phenolic OH excluding ortho intramolecular Hbond substituents is 1. The van der Waals surface area contributed by atoms with Gasteiger partial charge in [-0.05, 0) is 47.1 Å². The Balaban J connectivity index is 2.25. The van der Waals surface area contributed by atoms with Gasteiger partial charge in [0.05, 0.1) is 5.69 Å². The van der Waals surface area contributed by atoms with E-state index in [1.54, 1.807) is 41.8 Å². The Kier molecular flexibility index (Phi) is 2.67. The van der Waals surface area contributed by atoms with Crippen molar-refractivity contribution in [2.24, 2.45) is 0 Å². The van der Waals surface area contributed by atoms with Crippen molar-refractivity contribution in [1.82, 2.24) is 14.4 Å². The number of rotatable bonds is 1. The van der Waals surface area contributed by atoms with Gasteiger partial charge < -0.3 is 10.2 Å². The summed E-state index contributed by atoms with van der Waals surface area (Å²) in [7, 11) is 0. The molecule has 0 spiro atoms. The standard InChI is InChI=1S/C13H10BrN3O2/c1-7-13(19)17-6-10(16-11(14)12(17)15-7)8-2-4-9(18)5-3-8/h2-6,18-19H,1H3. The lowest BCUT2D eigenvalue weighted by molar-refractivity contribution is 0.444. The Bertz CT molecular complexity index is 766. The van der Waals surface area contributed by atoms with Crippen LogP contribution in [0.3, 0.4) is 0 Å². The highest BCUT2D eigenvalue weighted by molar-refractivity contribution is 9.10. The minimum absolute atomic E-state index is 0.0955. The highest BCUT2D eigenvalue weighted by atomic mass is 79.9. The summed E-state index contributed by atoms with van der Waals surface area (Å²) in [6.07, 6.45) is 1.71. The van der Waals surface area contributed by atoms with E-state index >= 15 is 0 Å². The molecule has 0 aliphatic rings. The molecule has 0 aliphatic carbocycles. The van der Waals surface area contributed by atoms with Gasteiger partial charge in [-0.2, -0.15) is 0 Å². The average Bonchev–Trinajstić information content (AvgIpc) is 2.68. The quantitative estimate of drug-likeness (QED) is 0.723. The number of hydrogen-bond acceptors (Lipinski definition) is 4. The molecule has 3 rings (SSSR count). The van der Waals surface area contributed by atoms with Gasteiger partial charge in [0.2, 0.25) is 5.88 Å². The average molecular weight is 320 g/mol. The predicted molar refractivity (Wildman–Crippen MR) is 74.2 cm³/mol. The zero-order valence-electron chi connectivity index (χ0n) is 10.0. The van der Waals surface area contributed by atoms with E-state index in [0.29, 0.717) is 21.6 Å². The number of phenols is 1. The van der Waals surface area contributed by atoms with Crippen molar-refractivity contribution in [2.75, 3.05) is 0 Å². The van der Waals surface area contributed by atoms with Gasteiger partial charge in [-0.15, -0.1) is 0 Å². The number of halogens is 1. The fourth-order valence-corrected chi connectivity index (χ4v) is 2.35. The maximum atomic E-state index is 9.95. The minimum Gasteiger partial charge on any atom is -0.508 e. The van der Waals surface area contributed by atoms with Crippen molar-refractivity contribution >= 4 is 21.6 Å². The van der Waals surface area contributed by atoms with Crippen LogP contribution in [-0.2, 0) is 0 Å². The van der Waals surface area contributed by atoms with Gasteiger partial charge in [0.15, 0.2) is 5.65 Å². The fraction of sp³-hybridized carbons (Fsp3) is 0.0769. The van der Waals surface area contributed by atoms with Gasteiger partial charge in [0, 0.05) is 11.8 Å². The molecule has 0 fully saturated rings. The molecule has 2 heterocycles. The predicted octanol–water partition coefficient (Wildman–Crippen LogP) is 2.88. The molecular formula is C13H10BrN3O2. The van der Waals surface area contributed by atoms with Crippen molar-refractivity contribution in [3.63, 3.8) is 0 Å². The molecule has 0 aliphatic heterocycles. The van der Waals surface area contributed by atoms with Crippen LogP contribution in [0.1, 0.15) is 5.69 Å². The lowest BCUT2D eigenvalue weighted by atomic mass is 10.1. The normalized spacial score (nSPS) is 11.1. The van der Waals surface area contributed by atoms with Crippen LogP contribution >= 0.6 is 15.9 Å². The number of aromatic hydroxyl groups is 2. The maximum absolute atomic E-state index is 9.95. The molecule has 0 unspecified atom stereocenters. The molecule has 2 aromatic heterocycles. The Labute approximate surface area is 117 Å². The monoisotopic (exact) mass is 319 g/mol. The largest absolute Gasteiger partial charge is 0.508 e. The first kappa shape index (κ1) is 12.0. The van der Waals surface area contributed by atoms with Crippen molar-refractivity contribution < 1.29 is 10.2 Å². The van der Waals surface area contributed by atoms with Crippen molar-refractivity contribution in [3.8, 4) is 22.9 Å². The molecule has 0 bridgehead atoms. The van der Waals surface area contributed by atoms with E-state index in [1.165, 1.54) is 0 Å². The molecule has 5 nitrogen and oxygen atoms in total. The maximum Gasteiger partial charge on any atom is 0.219 e. The molecule has 3 aromatic rings. The highest BCUT2D eigenvalue weighted by Gasteiger charge is 2.13. The van der Waals surface area contributed by atoms with Crippen molar-refractivity contribution in [2.45, 2.75) is 6.92 Å². The van der Waals surface area contributed by atoms with Gasteiger partial charge in [0.1, 0.15) is 16.0 Å².